The van der Waals surface area contributed by atoms with Gasteiger partial charge in [0.2, 0.25) is 11.8 Å². The molecule has 5 nitrogen and oxygen atoms in total. The van der Waals surface area contributed by atoms with E-state index in [1.165, 1.54) is 0 Å². The van der Waals surface area contributed by atoms with Crippen molar-refractivity contribution in [2.24, 2.45) is 5.41 Å². The molecule has 1 aliphatic rings. The van der Waals surface area contributed by atoms with E-state index in [4.69, 9.17) is 5.11 Å². The Hall–Kier alpha value is -1.39. The molecule has 1 aliphatic heterocycles. The van der Waals surface area contributed by atoms with E-state index in [0.717, 1.165) is 4.90 Å². The summed E-state index contributed by atoms with van der Waals surface area (Å²) in [6.07, 6.45) is 1.38. The maximum absolute atomic E-state index is 11.9. The number of aliphatic carboxylic acids is 1. The Balaban J connectivity index is 2.88. The minimum absolute atomic E-state index is 0.253. The van der Waals surface area contributed by atoms with Gasteiger partial charge in [0, 0.05) is 11.8 Å². The number of nitrogens with zero attached hydrogens (tertiary/aromatic N) is 1. The Morgan fingerprint density at radius 3 is 2.60 bits per heavy atom. The van der Waals surface area contributed by atoms with Gasteiger partial charge in [-0.15, -0.1) is 0 Å². The molecule has 15 heavy (non-hydrogen) atoms. The van der Waals surface area contributed by atoms with Gasteiger partial charge in [-0.2, -0.15) is 0 Å². The summed E-state index contributed by atoms with van der Waals surface area (Å²) >= 11 is 0. The van der Waals surface area contributed by atoms with Crippen LogP contribution in [-0.2, 0) is 14.4 Å². The van der Waals surface area contributed by atoms with Crippen LogP contribution in [-0.4, -0.2) is 34.3 Å². The van der Waals surface area contributed by atoms with Crippen molar-refractivity contribution in [2.45, 2.75) is 33.1 Å². The lowest BCUT2D eigenvalue weighted by molar-refractivity contribution is -0.161. The van der Waals surface area contributed by atoms with Crippen LogP contribution in [0.5, 0.6) is 0 Å². The molecule has 1 fully saturated rings. The molecule has 0 aromatic heterocycles. The molecule has 0 aromatic carbocycles. The first-order valence-corrected chi connectivity index (χ1v) is 4.97. The SMILES string of the molecule is CCC1(C)CCC(=O)N(CC(=O)O)C1=O. The first kappa shape index (κ1) is 11.7. The van der Waals surface area contributed by atoms with E-state index in [-0.39, 0.29) is 18.2 Å². The summed E-state index contributed by atoms with van der Waals surface area (Å²) in [5.74, 6) is -1.89. The average molecular weight is 213 g/mol. The van der Waals surface area contributed by atoms with Crippen molar-refractivity contribution in [2.75, 3.05) is 6.54 Å². The summed E-state index contributed by atoms with van der Waals surface area (Å²) in [5, 5.41) is 8.60. The van der Waals surface area contributed by atoms with Crippen LogP contribution in [0.4, 0.5) is 0 Å². The number of hydrogen-bond acceptors (Lipinski definition) is 3. The van der Waals surface area contributed by atoms with Gasteiger partial charge in [-0.1, -0.05) is 13.8 Å². The number of likely N-dealkylation sites (tertiary alicyclic amines) is 1. The van der Waals surface area contributed by atoms with Gasteiger partial charge >= 0.3 is 5.97 Å². The highest BCUT2D eigenvalue weighted by Crippen LogP contribution is 2.34. The van der Waals surface area contributed by atoms with E-state index in [0.29, 0.717) is 12.8 Å². The van der Waals surface area contributed by atoms with Gasteiger partial charge < -0.3 is 5.11 Å². The molecule has 0 bridgehead atoms. The fourth-order valence-electron chi connectivity index (χ4n) is 1.69. The molecule has 5 heteroatoms. The number of amides is 2. The molecule has 1 atom stereocenters. The summed E-state index contributed by atoms with van der Waals surface area (Å²) in [4.78, 5) is 34.6. The van der Waals surface area contributed by atoms with Gasteiger partial charge in [0.25, 0.3) is 0 Å². The van der Waals surface area contributed by atoms with Crippen molar-refractivity contribution in [1.29, 1.82) is 0 Å². The fraction of sp³-hybridized carbons (Fsp3) is 0.700. The lowest BCUT2D eigenvalue weighted by Crippen LogP contribution is -2.51. The van der Waals surface area contributed by atoms with Crippen molar-refractivity contribution in [1.82, 2.24) is 4.90 Å². The molecule has 1 heterocycles. The molecule has 84 valence electrons. The summed E-state index contributed by atoms with van der Waals surface area (Å²) in [7, 11) is 0. The third kappa shape index (κ3) is 2.16. The number of carboxylic acids is 1. The lowest BCUT2D eigenvalue weighted by Gasteiger charge is -2.36. The van der Waals surface area contributed by atoms with Crippen LogP contribution in [0.25, 0.3) is 0 Å². The van der Waals surface area contributed by atoms with E-state index >= 15 is 0 Å². The number of piperidine rings is 1. The molecular formula is C10H15NO4. The van der Waals surface area contributed by atoms with Crippen LogP contribution < -0.4 is 0 Å². The van der Waals surface area contributed by atoms with Gasteiger partial charge in [-0.3, -0.25) is 19.3 Å². The quantitative estimate of drug-likeness (QED) is 0.698. The molecule has 0 saturated carbocycles. The predicted molar refractivity (Wildman–Crippen MR) is 52.0 cm³/mol. The van der Waals surface area contributed by atoms with E-state index in [1.807, 2.05) is 6.92 Å². The fourth-order valence-corrected chi connectivity index (χ4v) is 1.69. The molecule has 0 aliphatic carbocycles. The van der Waals surface area contributed by atoms with Gasteiger partial charge in [0.05, 0.1) is 0 Å². The maximum Gasteiger partial charge on any atom is 0.323 e. The number of carboxylic acid groups (broad SMARTS) is 1. The summed E-state index contributed by atoms with van der Waals surface area (Å²) in [6.45, 7) is 3.12. The second-order valence-electron chi connectivity index (χ2n) is 4.09. The summed E-state index contributed by atoms with van der Waals surface area (Å²) in [5.41, 5.74) is -0.580. The first-order chi connectivity index (χ1) is 6.90. The van der Waals surface area contributed by atoms with Gasteiger partial charge in [-0.05, 0) is 12.8 Å². The second-order valence-corrected chi connectivity index (χ2v) is 4.09. The smallest absolute Gasteiger partial charge is 0.323 e. The Labute approximate surface area is 88.1 Å². The molecule has 0 spiro atoms. The molecule has 1 unspecified atom stereocenters. The topological polar surface area (TPSA) is 74.7 Å². The van der Waals surface area contributed by atoms with Crippen molar-refractivity contribution in [3.8, 4) is 0 Å². The zero-order valence-corrected chi connectivity index (χ0v) is 8.95. The molecule has 0 aromatic rings. The number of hydrogen-bond donors (Lipinski definition) is 1. The third-order valence-electron chi connectivity index (χ3n) is 3.03. The van der Waals surface area contributed by atoms with Gasteiger partial charge in [0.15, 0.2) is 0 Å². The van der Waals surface area contributed by atoms with Crippen molar-refractivity contribution >= 4 is 17.8 Å². The Bertz CT molecular complexity index is 313. The number of carbonyl (C=O) groups is 3. The average Bonchev–Trinajstić information content (AvgIpc) is 2.19. The summed E-state index contributed by atoms with van der Waals surface area (Å²) in [6, 6.07) is 0. The highest BCUT2D eigenvalue weighted by molar-refractivity contribution is 6.02. The van der Waals surface area contributed by atoms with E-state index in [1.54, 1.807) is 6.92 Å². The largest absolute Gasteiger partial charge is 0.480 e. The second kappa shape index (κ2) is 4.00. The van der Waals surface area contributed by atoms with Crippen LogP contribution in [0, 0.1) is 5.41 Å². The zero-order valence-electron chi connectivity index (χ0n) is 8.95. The molecule has 2 amide bonds. The molecule has 0 radical (unpaired) electrons. The zero-order chi connectivity index (χ0) is 11.6. The molecule has 1 N–H and O–H groups in total. The lowest BCUT2D eigenvalue weighted by atomic mass is 9.78. The van der Waals surface area contributed by atoms with E-state index in [2.05, 4.69) is 0 Å². The standard InChI is InChI=1S/C10H15NO4/c1-3-10(2)5-4-7(12)11(9(10)15)6-8(13)14/h3-6H2,1-2H3,(H,13,14). The number of rotatable bonds is 3. The Morgan fingerprint density at radius 2 is 2.13 bits per heavy atom. The molecular weight excluding hydrogens is 198 g/mol. The third-order valence-corrected chi connectivity index (χ3v) is 3.03. The van der Waals surface area contributed by atoms with Gasteiger partial charge in [0.1, 0.15) is 6.54 Å². The number of carbonyl (C=O) groups excluding carboxylic acids is 2. The maximum atomic E-state index is 11.9. The van der Waals surface area contributed by atoms with E-state index in [9.17, 15) is 14.4 Å². The minimum atomic E-state index is -1.16. The summed E-state index contributed by atoms with van der Waals surface area (Å²) < 4.78 is 0. The number of imide groups is 1. The predicted octanol–water partition coefficient (Wildman–Crippen LogP) is 0.636. The Morgan fingerprint density at radius 1 is 1.53 bits per heavy atom. The van der Waals surface area contributed by atoms with E-state index < -0.39 is 17.9 Å². The van der Waals surface area contributed by atoms with Gasteiger partial charge in [-0.25, -0.2) is 0 Å². The van der Waals surface area contributed by atoms with Crippen molar-refractivity contribution in [3.63, 3.8) is 0 Å². The monoisotopic (exact) mass is 213 g/mol. The van der Waals surface area contributed by atoms with Crippen LogP contribution >= 0.6 is 0 Å². The highest BCUT2D eigenvalue weighted by Gasteiger charge is 2.42. The van der Waals surface area contributed by atoms with Crippen LogP contribution in [0.2, 0.25) is 0 Å². The highest BCUT2D eigenvalue weighted by atomic mass is 16.4. The molecule has 1 rings (SSSR count). The normalized spacial score (nSPS) is 26.9. The van der Waals surface area contributed by atoms with Crippen LogP contribution in [0.15, 0.2) is 0 Å². The first-order valence-electron chi connectivity index (χ1n) is 4.97. The van der Waals surface area contributed by atoms with Crippen LogP contribution in [0.1, 0.15) is 33.1 Å². The van der Waals surface area contributed by atoms with Crippen molar-refractivity contribution < 1.29 is 19.5 Å². The minimum Gasteiger partial charge on any atom is -0.480 e. The van der Waals surface area contributed by atoms with Crippen LogP contribution in [0.3, 0.4) is 0 Å². The van der Waals surface area contributed by atoms with Crippen molar-refractivity contribution in [3.05, 3.63) is 0 Å². The Kier molecular flexibility index (Phi) is 3.12. The molecule has 1 saturated heterocycles.